The molecule has 0 heterocycles. The van der Waals surface area contributed by atoms with Crippen LogP contribution in [0.5, 0.6) is 11.5 Å². The van der Waals surface area contributed by atoms with Gasteiger partial charge in [0.05, 0.1) is 11.9 Å². The maximum Gasteiger partial charge on any atom is 0.225 e. The third-order valence-corrected chi connectivity index (χ3v) is 4.02. The fourth-order valence-corrected chi connectivity index (χ4v) is 2.41. The van der Waals surface area contributed by atoms with E-state index in [1.165, 1.54) is 5.56 Å². The van der Waals surface area contributed by atoms with E-state index in [-0.39, 0.29) is 0 Å². The minimum absolute atomic E-state index is 0.502. The number of aryl methyl sites for hydroxylation is 2. The van der Waals surface area contributed by atoms with E-state index in [0.29, 0.717) is 5.90 Å². The predicted octanol–water partition coefficient (Wildman–Crippen LogP) is 6.40. The van der Waals surface area contributed by atoms with Crippen molar-refractivity contribution in [3.05, 3.63) is 102 Å². The minimum atomic E-state index is 0.502. The van der Waals surface area contributed by atoms with Crippen molar-refractivity contribution in [3.63, 3.8) is 0 Å². The normalized spacial score (nSPS) is 12.0. The summed E-state index contributed by atoms with van der Waals surface area (Å²) in [7, 11) is 0. The van der Waals surface area contributed by atoms with E-state index < -0.39 is 0 Å². The third kappa shape index (κ3) is 5.32. The van der Waals surface area contributed by atoms with Crippen molar-refractivity contribution >= 4 is 11.6 Å². The molecule has 27 heavy (non-hydrogen) atoms. The molecule has 0 aliphatic rings. The van der Waals surface area contributed by atoms with Crippen LogP contribution in [-0.4, -0.2) is 5.90 Å². The number of benzene rings is 3. The van der Waals surface area contributed by atoms with Crippen LogP contribution in [-0.2, 0) is 0 Å². The molecule has 136 valence electrons. The molecule has 0 N–H and O–H groups in total. The van der Waals surface area contributed by atoms with Crippen molar-refractivity contribution in [2.45, 2.75) is 20.8 Å². The Morgan fingerprint density at radius 3 is 2.19 bits per heavy atom. The topological polar surface area (TPSA) is 30.8 Å². The zero-order chi connectivity index (χ0) is 19.1. The van der Waals surface area contributed by atoms with E-state index in [2.05, 4.69) is 4.99 Å². The highest BCUT2D eigenvalue weighted by Crippen LogP contribution is 2.21. The summed E-state index contributed by atoms with van der Waals surface area (Å²) in [6.07, 6.45) is 1.67. The summed E-state index contributed by atoms with van der Waals surface area (Å²) in [5.41, 5.74) is 3.86. The van der Waals surface area contributed by atoms with Crippen LogP contribution in [0.15, 0.2) is 95.7 Å². The van der Waals surface area contributed by atoms with Crippen LogP contribution in [0.3, 0.4) is 0 Å². The molecule has 0 saturated heterocycles. The van der Waals surface area contributed by atoms with E-state index in [9.17, 15) is 0 Å². The number of ether oxygens (including phenoxy) is 2. The molecule has 0 radical (unpaired) electrons. The smallest absolute Gasteiger partial charge is 0.225 e. The second-order valence-electron chi connectivity index (χ2n) is 6.35. The molecule has 0 saturated carbocycles. The number of para-hydroxylation sites is 2. The number of hydrogen-bond donors (Lipinski definition) is 0. The molecule has 3 nitrogen and oxygen atoms in total. The Morgan fingerprint density at radius 1 is 0.815 bits per heavy atom. The van der Waals surface area contributed by atoms with Gasteiger partial charge < -0.3 is 9.47 Å². The number of hydrogen-bond acceptors (Lipinski definition) is 3. The Hall–Kier alpha value is -3.33. The lowest BCUT2D eigenvalue weighted by Crippen LogP contribution is -2.11. The Labute approximate surface area is 160 Å². The van der Waals surface area contributed by atoms with Crippen molar-refractivity contribution in [2.75, 3.05) is 0 Å². The lowest BCUT2D eigenvalue weighted by atomic mass is 10.2. The standard InChI is InChI=1S/C24H23NO2/c1-18-13-15-22(16-14-18)26-17-20(3)24(25-21-10-5-4-6-11-21)27-23-12-8-7-9-19(23)2/h4-17H,1-3H3/b20-17?,25-24+. The quantitative estimate of drug-likeness (QED) is 0.301. The van der Waals surface area contributed by atoms with Crippen LogP contribution in [0, 0.1) is 13.8 Å². The van der Waals surface area contributed by atoms with Gasteiger partial charge in [0.15, 0.2) is 0 Å². The fourth-order valence-electron chi connectivity index (χ4n) is 2.41. The molecular formula is C24H23NO2. The summed E-state index contributed by atoms with van der Waals surface area (Å²) in [5.74, 6) is 2.05. The summed E-state index contributed by atoms with van der Waals surface area (Å²) in [6.45, 7) is 5.98. The van der Waals surface area contributed by atoms with Gasteiger partial charge in [0.2, 0.25) is 5.90 Å². The van der Waals surface area contributed by atoms with Crippen molar-refractivity contribution < 1.29 is 9.47 Å². The van der Waals surface area contributed by atoms with E-state index in [4.69, 9.17) is 9.47 Å². The SMILES string of the molecule is CC(=COc1ccc(C)cc1)/C(=N\c1ccccc1)Oc1ccccc1C. The van der Waals surface area contributed by atoms with Gasteiger partial charge in [-0.15, -0.1) is 0 Å². The highest BCUT2D eigenvalue weighted by Gasteiger charge is 2.09. The van der Waals surface area contributed by atoms with Crippen molar-refractivity contribution in [2.24, 2.45) is 4.99 Å². The molecule has 0 bridgehead atoms. The molecular weight excluding hydrogens is 334 g/mol. The fraction of sp³-hybridized carbons (Fsp3) is 0.125. The largest absolute Gasteiger partial charge is 0.465 e. The molecule has 0 aromatic heterocycles. The first-order chi connectivity index (χ1) is 13.1. The van der Waals surface area contributed by atoms with Crippen LogP contribution < -0.4 is 9.47 Å². The van der Waals surface area contributed by atoms with Gasteiger partial charge in [0.25, 0.3) is 0 Å². The second kappa shape index (κ2) is 8.86. The van der Waals surface area contributed by atoms with Gasteiger partial charge >= 0.3 is 0 Å². The Balaban J connectivity index is 1.88. The number of aliphatic imine (C=N–C) groups is 1. The van der Waals surface area contributed by atoms with E-state index in [1.54, 1.807) is 6.26 Å². The molecule has 3 aromatic rings. The first-order valence-corrected chi connectivity index (χ1v) is 8.89. The van der Waals surface area contributed by atoms with Crippen molar-refractivity contribution in [1.29, 1.82) is 0 Å². The van der Waals surface area contributed by atoms with E-state index in [0.717, 1.165) is 28.3 Å². The second-order valence-corrected chi connectivity index (χ2v) is 6.35. The van der Waals surface area contributed by atoms with Crippen molar-refractivity contribution in [3.8, 4) is 11.5 Å². The number of nitrogens with zero attached hydrogens (tertiary/aromatic N) is 1. The third-order valence-electron chi connectivity index (χ3n) is 4.02. The Kier molecular flexibility index (Phi) is 6.06. The van der Waals surface area contributed by atoms with Gasteiger partial charge in [0.1, 0.15) is 11.5 Å². The lowest BCUT2D eigenvalue weighted by Gasteiger charge is -2.12. The molecule has 0 aliphatic carbocycles. The van der Waals surface area contributed by atoms with Gasteiger partial charge in [-0.3, -0.25) is 0 Å². The molecule has 0 unspecified atom stereocenters. The summed E-state index contributed by atoms with van der Waals surface area (Å²) < 4.78 is 11.9. The summed E-state index contributed by atoms with van der Waals surface area (Å²) in [5, 5.41) is 0. The van der Waals surface area contributed by atoms with Crippen LogP contribution >= 0.6 is 0 Å². The molecule has 0 aliphatic heterocycles. The Bertz CT molecular complexity index is 942. The minimum Gasteiger partial charge on any atom is -0.465 e. The molecule has 0 atom stereocenters. The first kappa shape index (κ1) is 18.5. The average molecular weight is 357 g/mol. The summed E-state index contributed by atoms with van der Waals surface area (Å²) >= 11 is 0. The van der Waals surface area contributed by atoms with Crippen LogP contribution in [0.1, 0.15) is 18.1 Å². The van der Waals surface area contributed by atoms with E-state index >= 15 is 0 Å². The maximum atomic E-state index is 6.12. The molecule has 0 amide bonds. The monoisotopic (exact) mass is 357 g/mol. The molecule has 3 aromatic carbocycles. The highest BCUT2D eigenvalue weighted by molar-refractivity contribution is 5.96. The Morgan fingerprint density at radius 2 is 1.48 bits per heavy atom. The first-order valence-electron chi connectivity index (χ1n) is 8.89. The van der Waals surface area contributed by atoms with Crippen molar-refractivity contribution in [1.82, 2.24) is 0 Å². The maximum absolute atomic E-state index is 6.12. The van der Waals surface area contributed by atoms with Gasteiger partial charge in [0, 0.05) is 5.57 Å². The van der Waals surface area contributed by atoms with Gasteiger partial charge in [-0.2, -0.15) is 0 Å². The molecule has 3 rings (SSSR count). The van der Waals surface area contributed by atoms with Gasteiger partial charge in [-0.25, -0.2) is 4.99 Å². The predicted molar refractivity (Wildman–Crippen MR) is 111 cm³/mol. The van der Waals surface area contributed by atoms with Gasteiger partial charge in [-0.05, 0) is 56.7 Å². The average Bonchev–Trinajstić information content (AvgIpc) is 2.69. The zero-order valence-electron chi connectivity index (χ0n) is 15.8. The lowest BCUT2D eigenvalue weighted by molar-refractivity contribution is 0.473. The molecule has 0 spiro atoms. The summed E-state index contributed by atoms with van der Waals surface area (Å²) in [4.78, 5) is 4.67. The highest BCUT2D eigenvalue weighted by atomic mass is 16.5. The molecule has 0 fully saturated rings. The number of rotatable bonds is 5. The van der Waals surface area contributed by atoms with Crippen LogP contribution in [0.2, 0.25) is 0 Å². The molecule has 3 heteroatoms. The summed E-state index contributed by atoms with van der Waals surface area (Å²) in [6, 6.07) is 25.5. The van der Waals surface area contributed by atoms with Gasteiger partial charge in [-0.1, -0.05) is 54.1 Å². The van der Waals surface area contributed by atoms with Crippen LogP contribution in [0.4, 0.5) is 5.69 Å². The van der Waals surface area contributed by atoms with Crippen LogP contribution in [0.25, 0.3) is 0 Å². The van der Waals surface area contributed by atoms with E-state index in [1.807, 2.05) is 99.6 Å². The zero-order valence-corrected chi connectivity index (χ0v) is 15.8.